The molecule has 26 heavy (non-hydrogen) atoms. The molecular weight excluding hydrogens is 312 g/mol. The molecule has 1 aliphatic carbocycles. The highest BCUT2D eigenvalue weighted by Gasteiger charge is 2.46. The molecular formula is C26H24. The third kappa shape index (κ3) is 2.08. The van der Waals surface area contributed by atoms with Crippen LogP contribution >= 0.6 is 0 Å². The van der Waals surface area contributed by atoms with Gasteiger partial charge in [0.2, 0.25) is 0 Å². The summed E-state index contributed by atoms with van der Waals surface area (Å²) in [7, 11) is 0. The molecule has 0 saturated heterocycles. The highest BCUT2D eigenvalue weighted by Crippen LogP contribution is 2.55. The number of rotatable bonds is 1. The molecule has 0 N–H and O–H groups in total. The molecule has 0 bridgehead atoms. The molecule has 0 heterocycles. The lowest BCUT2D eigenvalue weighted by molar-refractivity contribution is 0.426. The molecule has 0 radical (unpaired) electrons. The van der Waals surface area contributed by atoms with Gasteiger partial charge in [-0.2, -0.15) is 0 Å². The smallest absolute Gasteiger partial charge is 0.0192 e. The summed E-state index contributed by atoms with van der Waals surface area (Å²) < 4.78 is 0. The highest BCUT2D eigenvalue weighted by molar-refractivity contribution is 5.90. The van der Waals surface area contributed by atoms with Gasteiger partial charge in [0, 0.05) is 5.41 Å². The van der Waals surface area contributed by atoms with E-state index in [4.69, 9.17) is 0 Å². The van der Waals surface area contributed by atoms with Gasteiger partial charge in [0.1, 0.15) is 0 Å². The minimum atomic E-state index is 0.0315. The van der Waals surface area contributed by atoms with Gasteiger partial charge in [0.05, 0.1) is 0 Å². The van der Waals surface area contributed by atoms with Crippen LogP contribution in [0, 0.1) is 0 Å². The minimum Gasteiger partial charge on any atom is -0.0616 e. The lowest BCUT2D eigenvalue weighted by Crippen LogP contribution is -2.23. The van der Waals surface area contributed by atoms with E-state index in [1.54, 1.807) is 0 Å². The Bertz CT molecular complexity index is 1150. The second-order valence-corrected chi connectivity index (χ2v) is 8.66. The average molecular weight is 336 g/mol. The molecule has 1 unspecified atom stereocenters. The van der Waals surface area contributed by atoms with Crippen LogP contribution < -0.4 is 0 Å². The molecule has 0 amide bonds. The molecule has 1 aliphatic rings. The van der Waals surface area contributed by atoms with Crippen LogP contribution in [0.4, 0.5) is 0 Å². The summed E-state index contributed by atoms with van der Waals surface area (Å²) in [5.41, 5.74) is 4.67. The van der Waals surface area contributed by atoms with E-state index in [0.717, 1.165) is 6.42 Å². The van der Waals surface area contributed by atoms with Crippen molar-refractivity contribution in [2.45, 2.75) is 38.0 Å². The Hall–Kier alpha value is -2.60. The van der Waals surface area contributed by atoms with E-state index in [2.05, 4.69) is 99.6 Å². The van der Waals surface area contributed by atoms with Crippen molar-refractivity contribution in [3.63, 3.8) is 0 Å². The quantitative estimate of drug-likeness (QED) is 0.352. The lowest BCUT2D eigenvalue weighted by Gasteiger charge is -2.29. The van der Waals surface area contributed by atoms with Gasteiger partial charge in [-0.15, -0.1) is 0 Å². The van der Waals surface area contributed by atoms with Crippen molar-refractivity contribution in [1.29, 1.82) is 0 Å². The molecule has 0 spiro atoms. The van der Waals surface area contributed by atoms with Crippen molar-refractivity contribution in [3.05, 3.63) is 95.6 Å². The van der Waals surface area contributed by atoms with Crippen LogP contribution in [0.25, 0.3) is 21.5 Å². The Labute approximate surface area is 155 Å². The fourth-order valence-corrected chi connectivity index (χ4v) is 5.28. The van der Waals surface area contributed by atoms with E-state index in [1.165, 1.54) is 38.2 Å². The average Bonchev–Trinajstić information content (AvgIpc) is 2.88. The first-order valence-electron chi connectivity index (χ1n) is 9.51. The van der Waals surface area contributed by atoms with E-state index in [-0.39, 0.29) is 10.8 Å². The summed E-state index contributed by atoms with van der Waals surface area (Å²) in [5, 5.41) is 5.40. The van der Waals surface area contributed by atoms with Crippen molar-refractivity contribution in [2.75, 3.05) is 0 Å². The van der Waals surface area contributed by atoms with Crippen LogP contribution in [0.15, 0.2) is 78.9 Å². The van der Waals surface area contributed by atoms with Crippen LogP contribution in [0.1, 0.15) is 43.9 Å². The molecule has 1 atom stereocenters. The molecule has 128 valence electrons. The van der Waals surface area contributed by atoms with Crippen LogP contribution in [0.3, 0.4) is 0 Å². The largest absolute Gasteiger partial charge is 0.0616 e. The van der Waals surface area contributed by atoms with Gasteiger partial charge >= 0.3 is 0 Å². The Kier molecular flexibility index (Phi) is 3.13. The van der Waals surface area contributed by atoms with E-state index in [9.17, 15) is 0 Å². The minimum absolute atomic E-state index is 0.0315. The molecule has 4 aromatic rings. The Morgan fingerprint density at radius 3 is 2.12 bits per heavy atom. The van der Waals surface area contributed by atoms with Gasteiger partial charge in [-0.1, -0.05) is 99.6 Å². The van der Waals surface area contributed by atoms with Crippen LogP contribution in [-0.2, 0) is 10.8 Å². The number of benzene rings is 4. The maximum atomic E-state index is 2.44. The van der Waals surface area contributed by atoms with Crippen molar-refractivity contribution in [1.82, 2.24) is 0 Å². The third-order valence-electron chi connectivity index (χ3n) is 6.39. The molecule has 4 aromatic carbocycles. The molecule has 0 heteroatoms. The normalized spacial score (nSPS) is 21.2. The summed E-state index contributed by atoms with van der Waals surface area (Å²) in [6.45, 7) is 7.23. The highest BCUT2D eigenvalue weighted by atomic mass is 14.5. The van der Waals surface area contributed by atoms with Crippen LogP contribution in [0.2, 0.25) is 0 Å². The van der Waals surface area contributed by atoms with E-state index >= 15 is 0 Å². The number of hydrogen-bond acceptors (Lipinski definition) is 0. The van der Waals surface area contributed by atoms with Crippen LogP contribution in [0.5, 0.6) is 0 Å². The van der Waals surface area contributed by atoms with E-state index in [1.807, 2.05) is 0 Å². The van der Waals surface area contributed by atoms with Gasteiger partial charge in [0.15, 0.2) is 0 Å². The monoisotopic (exact) mass is 336 g/mol. The van der Waals surface area contributed by atoms with Gasteiger partial charge in [-0.25, -0.2) is 0 Å². The molecule has 5 rings (SSSR count). The summed E-state index contributed by atoms with van der Waals surface area (Å²) in [6, 6.07) is 29.2. The molecule has 0 fully saturated rings. The van der Waals surface area contributed by atoms with Crippen LogP contribution in [-0.4, -0.2) is 0 Å². The predicted octanol–water partition coefficient (Wildman–Crippen LogP) is 6.98. The summed E-state index contributed by atoms with van der Waals surface area (Å²) in [6.07, 6.45) is 1.14. The Balaban J connectivity index is 1.83. The number of hydrogen-bond donors (Lipinski definition) is 0. The first-order valence-corrected chi connectivity index (χ1v) is 9.51. The third-order valence-corrected chi connectivity index (χ3v) is 6.39. The fraction of sp³-hybridized carbons (Fsp3) is 0.231. The zero-order valence-corrected chi connectivity index (χ0v) is 15.7. The topological polar surface area (TPSA) is 0 Å². The van der Waals surface area contributed by atoms with Gasteiger partial charge in [0.25, 0.3) is 0 Å². The standard InChI is InChI=1S/C26H24/c1-25(2)17-26(3,21-14-12-18-8-4-5-10-20(18)16-21)24-22-11-7-6-9-19(22)13-15-23(24)25/h4-16H,17H2,1-3H3. The SMILES string of the molecule is CC1(C)CC(C)(c2ccc3ccccc3c2)c2c1ccc1ccccc21. The molecule has 0 saturated carbocycles. The van der Waals surface area contributed by atoms with Crippen molar-refractivity contribution in [3.8, 4) is 0 Å². The second-order valence-electron chi connectivity index (χ2n) is 8.66. The van der Waals surface area contributed by atoms with Gasteiger partial charge in [-0.05, 0) is 50.1 Å². The maximum absolute atomic E-state index is 2.44. The Morgan fingerprint density at radius 1 is 0.654 bits per heavy atom. The van der Waals surface area contributed by atoms with Gasteiger partial charge in [-0.3, -0.25) is 0 Å². The van der Waals surface area contributed by atoms with Gasteiger partial charge < -0.3 is 0 Å². The first kappa shape index (κ1) is 15.6. The van der Waals surface area contributed by atoms with E-state index in [0.29, 0.717) is 0 Å². The predicted molar refractivity (Wildman–Crippen MR) is 112 cm³/mol. The summed E-state index contributed by atoms with van der Waals surface area (Å²) in [4.78, 5) is 0. The number of fused-ring (bicyclic) bond motifs is 4. The van der Waals surface area contributed by atoms with Crippen molar-refractivity contribution >= 4 is 21.5 Å². The summed E-state index contributed by atoms with van der Waals surface area (Å²) >= 11 is 0. The molecule has 0 aliphatic heterocycles. The summed E-state index contributed by atoms with van der Waals surface area (Å²) in [5.74, 6) is 0. The lowest BCUT2D eigenvalue weighted by atomic mass is 9.74. The zero-order valence-electron chi connectivity index (χ0n) is 15.7. The first-order chi connectivity index (χ1) is 12.5. The Morgan fingerprint density at radius 2 is 1.31 bits per heavy atom. The fourth-order valence-electron chi connectivity index (χ4n) is 5.28. The zero-order chi connectivity index (χ0) is 17.9. The molecule has 0 aromatic heterocycles. The van der Waals surface area contributed by atoms with Crippen molar-refractivity contribution in [2.24, 2.45) is 0 Å². The maximum Gasteiger partial charge on any atom is 0.0192 e. The molecule has 0 nitrogen and oxygen atoms in total. The second kappa shape index (κ2) is 5.20. The van der Waals surface area contributed by atoms with Crippen molar-refractivity contribution < 1.29 is 0 Å². The van der Waals surface area contributed by atoms with E-state index < -0.39 is 0 Å².